The van der Waals surface area contributed by atoms with Crippen LogP contribution in [0.5, 0.6) is 0 Å². The van der Waals surface area contributed by atoms with Gasteiger partial charge in [-0.05, 0) is 40.8 Å². The molecule has 0 aliphatic heterocycles. The van der Waals surface area contributed by atoms with E-state index in [0.717, 1.165) is 11.8 Å². The summed E-state index contributed by atoms with van der Waals surface area (Å²) in [7, 11) is -3.47. The number of halogens is 3. The highest BCUT2D eigenvalue weighted by atomic mass is 32.2. The first-order valence-electron chi connectivity index (χ1n) is 10.9. The topological polar surface area (TPSA) is 52.0 Å². The predicted octanol–water partition coefficient (Wildman–Crippen LogP) is 6.93. The van der Waals surface area contributed by atoms with E-state index in [9.17, 15) is 21.6 Å². The molecule has 0 spiro atoms. The maximum Gasteiger partial charge on any atom is 0.435 e. The molecule has 4 nitrogen and oxygen atoms in total. The van der Waals surface area contributed by atoms with E-state index in [-0.39, 0.29) is 21.6 Å². The molecule has 0 aliphatic rings. The third-order valence-corrected chi connectivity index (χ3v) is 6.88. The lowest BCUT2D eigenvalue weighted by Crippen LogP contribution is -2.11. The maximum atomic E-state index is 14.2. The van der Waals surface area contributed by atoms with E-state index in [1.807, 2.05) is 12.1 Å². The van der Waals surface area contributed by atoms with Crippen LogP contribution in [0.25, 0.3) is 28.1 Å². The largest absolute Gasteiger partial charge is 0.435 e. The summed E-state index contributed by atoms with van der Waals surface area (Å²) in [5.41, 5.74) is 1.31. The zero-order chi connectivity index (χ0) is 25.6. The van der Waals surface area contributed by atoms with Gasteiger partial charge in [-0.2, -0.15) is 18.3 Å². The normalized spacial score (nSPS) is 12.7. The molecule has 1 heterocycles. The van der Waals surface area contributed by atoms with Gasteiger partial charge in [-0.3, -0.25) is 0 Å². The first kappa shape index (κ1) is 24.7. The Labute approximate surface area is 203 Å². The lowest BCUT2D eigenvalue weighted by molar-refractivity contribution is -0.140. The minimum absolute atomic E-state index is 0.0647. The van der Waals surface area contributed by atoms with Crippen LogP contribution in [-0.2, 0) is 21.4 Å². The van der Waals surface area contributed by atoms with Crippen molar-refractivity contribution >= 4 is 9.84 Å². The quantitative estimate of drug-likeness (QED) is 0.307. The Morgan fingerprint density at radius 3 is 1.83 bits per heavy atom. The molecule has 8 heteroatoms. The second-order valence-corrected chi connectivity index (χ2v) is 11.5. The van der Waals surface area contributed by atoms with Crippen LogP contribution in [0, 0.1) is 0 Å². The molecule has 3 aromatic carbocycles. The van der Waals surface area contributed by atoms with E-state index >= 15 is 0 Å². The molecule has 4 aromatic rings. The summed E-state index contributed by atoms with van der Waals surface area (Å²) < 4.78 is 67.9. The van der Waals surface area contributed by atoms with E-state index in [0.29, 0.717) is 16.8 Å². The second kappa shape index (κ2) is 8.68. The Bertz CT molecular complexity index is 1450. The summed E-state index contributed by atoms with van der Waals surface area (Å²) in [6, 6.07) is 21.3. The van der Waals surface area contributed by atoms with Gasteiger partial charge in [0.1, 0.15) is 0 Å². The molecule has 0 N–H and O–H groups in total. The van der Waals surface area contributed by atoms with Gasteiger partial charge in [0.05, 0.1) is 16.3 Å². The fourth-order valence-corrected chi connectivity index (χ4v) is 4.54. The summed E-state index contributed by atoms with van der Waals surface area (Å²) >= 11 is 0. The van der Waals surface area contributed by atoms with Crippen LogP contribution in [0.4, 0.5) is 13.2 Å². The average Bonchev–Trinajstić information content (AvgIpc) is 3.20. The Morgan fingerprint density at radius 1 is 0.771 bits per heavy atom. The number of hydrogen-bond donors (Lipinski definition) is 0. The highest BCUT2D eigenvalue weighted by molar-refractivity contribution is 7.90. The molecule has 0 saturated heterocycles. The molecule has 182 valence electrons. The fraction of sp³-hybridized carbons (Fsp3) is 0.222. The van der Waals surface area contributed by atoms with Crippen molar-refractivity contribution in [3.63, 3.8) is 0 Å². The third kappa shape index (κ3) is 5.03. The molecule has 0 fully saturated rings. The van der Waals surface area contributed by atoms with Crippen molar-refractivity contribution in [1.29, 1.82) is 0 Å². The van der Waals surface area contributed by atoms with Crippen molar-refractivity contribution in [2.75, 3.05) is 6.26 Å². The molecule has 0 atom stereocenters. The van der Waals surface area contributed by atoms with Crippen LogP contribution >= 0.6 is 0 Å². The zero-order valence-corrected chi connectivity index (χ0v) is 20.6. The van der Waals surface area contributed by atoms with Crippen LogP contribution in [0.2, 0.25) is 0 Å². The molecule has 4 rings (SSSR count). The van der Waals surface area contributed by atoms with Gasteiger partial charge in [-0.1, -0.05) is 75.4 Å². The van der Waals surface area contributed by atoms with Crippen molar-refractivity contribution in [3.8, 4) is 28.1 Å². The fourth-order valence-electron chi connectivity index (χ4n) is 3.91. The second-order valence-electron chi connectivity index (χ2n) is 9.44. The summed E-state index contributed by atoms with van der Waals surface area (Å²) in [5.74, 6) is 0. The van der Waals surface area contributed by atoms with Crippen LogP contribution in [0.15, 0.2) is 83.8 Å². The maximum absolute atomic E-state index is 14.2. The molecular formula is C27H25F3N2O2S. The number of benzene rings is 3. The van der Waals surface area contributed by atoms with Crippen molar-refractivity contribution < 1.29 is 21.6 Å². The van der Waals surface area contributed by atoms with Crippen LogP contribution < -0.4 is 0 Å². The number of rotatable bonds is 4. The van der Waals surface area contributed by atoms with E-state index in [2.05, 4.69) is 25.9 Å². The van der Waals surface area contributed by atoms with Gasteiger partial charge in [0.25, 0.3) is 0 Å². The summed E-state index contributed by atoms with van der Waals surface area (Å²) in [4.78, 5) is 0.0825. The van der Waals surface area contributed by atoms with Crippen molar-refractivity contribution in [3.05, 3.63) is 90.1 Å². The van der Waals surface area contributed by atoms with Gasteiger partial charge < -0.3 is 0 Å². The smallest absolute Gasteiger partial charge is 0.232 e. The third-order valence-electron chi connectivity index (χ3n) is 5.75. The number of aromatic nitrogens is 2. The summed E-state index contributed by atoms with van der Waals surface area (Å²) in [6.07, 6.45) is -3.62. The molecule has 0 saturated carbocycles. The molecule has 0 radical (unpaired) electrons. The summed E-state index contributed by atoms with van der Waals surface area (Å²) in [6.45, 7) is 6.17. The van der Waals surface area contributed by atoms with Crippen LogP contribution in [0.1, 0.15) is 32.0 Å². The predicted molar refractivity (Wildman–Crippen MR) is 131 cm³/mol. The Kier molecular flexibility index (Phi) is 6.13. The number of sulfone groups is 1. The Hall–Kier alpha value is -3.39. The number of alkyl halides is 3. The van der Waals surface area contributed by atoms with Crippen LogP contribution in [-0.4, -0.2) is 24.5 Å². The standard InChI is InChI=1S/C27H25F3N2O2S/c1-26(2,3)20-12-14-21(15-13-20)32-24(19-10-16-22(17-11-19)35(4,33)34)23(18-8-6-5-7-9-18)25(31-32)27(28,29)30/h5-17H,1-4H3. The number of nitrogens with zero attached hydrogens (tertiary/aromatic N) is 2. The van der Waals surface area contributed by atoms with E-state index < -0.39 is 21.7 Å². The van der Waals surface area contributed by atoms with Gasteiger partial charge in [0, 0.05) is 17.4 Å². The molecule has 0 bridgehead atoms. The first-order chi connectivity index (χ1) is 16.3. The minimum Gasteiger partial charge on any atom is -0.232 e. The SMILES string of the molecule is CC(C)(C)c1ccc(-n2nc(C(F)(F)F)c(-c3ccccc3)c2-c2ccc(S(C)(=O)=O)cc2)cc1. The molecule has 0 amide bonds. The van der Waals surface area contributed by atoms with E-state index in [1.54, 1.807) is 42.5 Å². The van der Waals surface area contributed by atoms with Gasteiger partial charge in [-0.25, -0.2) is 13.1 Å². The van der Waals surface area contributed by atoms with E-state index in [1.165, 1.54) is 28.9 Å². The lowest BCUT2D eigenvalue weighted by Gasteiger charge is -2.19. The number of hydrogen-bond acceptors (Lipinski definition) is 3. The highest BCUT2D eigenvalue weighted by Gasteiger charge is 2.40. The minimum atomic E-state index is -4.71. The zero-order valence-electron chi connectivity index (χ0n) is 19.8. The first-order valence-corrected chi connectivity index (χ1v) is 12.8. The monoisotopic (exact) mass is 498 g/mol. The van der Waals surface area contributed by atoms with Crippen molar-refractivity contribution in [2.24, 2.45) is 0 Å². The van der Waals surface area contributed by atoms with E-state index in [4.69, 9.17) is 0 Å². The molecule has 0 aliphatic carbocycles. The average molecular weight is 499 g/mol. The van der Waals surface area contributed by atoms with Crippen molar-refractivity contribution in [2.45, 2.75) is 37.3 Å². The summed E-state index contributed by atoms with van der Waals surface area (Å²) in [5, 5.41) is 4.04. The van der Waals surface area contributed by atoms with Gasteiger partial charge >= 0.3 is 6.18 Å². The molecule has 0 unspecified atom stereocenters. The Balaban J connectivity index is 2.04. The van der Waals surface area contributed by atoms with Gasteiger partial charge in [0.15, 0.2) is 15.5 Å². The van der Waals surface area contributed by atoms with Gasteiger partial charge in [-0.15, -0.1) is 0 Å². The van der Waals surface area contributed by atoms with Crippen LogP contribution in [0.3, 0.4) is 0 Å². The molecule has 1 aromatic heterocycles. The van der Waals surface area contributed by atoms with Gasteiger partial charge in [0.2, 0.25) is 0 Å². The lowest BCUT2D eigenvalue weighted by atomic mass is 9.87. The Morgan fingerprint density at radius 2 is 1.34 bits per heavy atom. The molecule has 35 heavy (non-hydrogen) atoms. The molecular weight excluding hydrogens is 473 g/mol. The van der Waals surface area contributed by atoms with Crippen molar-refractivity contribution in [1.82, 2.24) is 9.78 Å². The highest BCUT2D eigenvalue weighted by Crippen LogP contribution is 2.43.